The molecule has 3 aromatic rings. The predicted octanol–water partition coefficient (Wildman–Crippen LogP) is 3.17. The number of anilines is 1. The third-order valence-electron chi connectivity index (χ3n) is 5.47. The number of hydrogen-bond donors (Lipinski definition) is 2. The number of esters is 1. The summed E-state index contributed by atoms with van der Waals surface area (Å²) < 4.78 is 10.5. The summed E-state index contributed by atoms with van der Waals surface area (Å²) >= 11 is 0. The maximum absolute atomic E-state index is 12.8. The van der Waals surface area contributed by atoms with Gasteiger partial charge in [0.25, 0.3) is 17.7 Å². The van der Waals surface area contributed by atoms with Crippen molar-refractivity contribution in [1.29, 1.82) is 0 Å². The summed E-state index contributed by atoms with van der Waals surface area (Å²) in [7, 11) is 1.49. The summed E-state index contributed by atoms with van der Waals surface area (Å²) in [6, 6.07) is 17.6. The number of nitrogens with zero attached hydrogens (tertiary/aromatic N) is 1. The van der Waals surface area contributed by atoms with E-state index in [1.54, 1.807) is 80.6 Å². The smallest absolute Gasteiger partial charge is 0.329 e. The fourth-order valence-electron chi connectivity index (χ4n) is 3.40. The molecule has 1 atom stereocenters. The predicted molar refractivity (Wildman–Crippen MR) is 133 cm³/mol. The lowest BCUT2D eigenvalue weighted by Gasteiger charge is -2.23. The lowest BCUT2D eigenvalue weighted by molar-refractivity contribution is -0.150. The Labute approximate surface area is 209 Å². The summed E-state index contributed by atoms with van der Waals surface area (Å²) in [5, 5.41) is 5.42. The van der Waals surface area contributed by atoms with Crippen molar-refractivity contribution in [2.24, 2.45) is 5.92 Å². The number of benzene rings is 2. The SMILES string of the molecule is CC(C)C(NC(=O)c1ccccc1)C(=O)OCC(=O)N(C)c1ccccc1C(=O)NCc1ccco1. The minimum atomic E-state index is -0.935. The van der Waals surface area contributed by atoms with Crippen LogP contribution in [0.25, 0.3) is 0 Å². The number of likely N-dealkylation sites (N-methyl/N-ethyl adjacent to an activating group) is 1. The molecule has 0 aliphatic heterocycles. The summed E-state index contributed by atoms with van der Waals surface area (Å²) in [5.41, 5.74) is 1.04. The Morgan fingerprint density at radius 3 is 2.28 bits per heavy atom. The molecule has 0 saturated carbocycles. The summed E-state index contributed by atoms with van der Waals surface area (Å²) in [6.07, 6.45) is 1.51. The van der Waals surface area contributed by atoms with Gasteiger partial charge >= 0.3 is 5.97 Å². The Hall–Kier alpha value is -4.40. The zero-order chi connectivity index (χ0) is 26.1. The highest BCUT2D eigenvalue weighted by Gasteiger charge is 2.27. The van der Waals surface area contributed by atoms with Crippen LogP contribution in [-0.4, -0.2) is 43.4 Å². The van der Waals surface area contributed by atoms with Crippen LogP contribution in [0.4, 0.5) is 5.69 Å². The van der Waals surface area contributed by atoms with Crippen LogP contribution in [0.2, 0.25) is 0 Å². The molecule has 3 rings (SSSR count). The number of nitrogens with one attached hydrogen (secondary N) is 2. The number of carbonyl (C=O) groups excluding carboxylic acids is 4. The van der Waals surface area contributed by atoms with Gasteiger partial charge < -0.3 is 24.7 Å². The average molecular weight is 492 g/mol. The minimum Gasteiger partial charge on any atom is -0.467 e. The number of carbonyl (C=O) groups is 4. The van der Waals surface area contributed by atoms with Crippen molar-refractivity contribution in [3.05, 3.63) is 89.9 Å². The molecule has 1 aromatic heterocycles. The molecule has 2 N–H and O–H groups in total. The molecule has 3 amide bonds. The third-order valence-corrected chi connectivity index (χ3v) is 5.47. The molecule has 188 valence electrons. The van der Waals surface area contributed by atoms with E-state index in [1.807, 2.05) is 0 Å². The van der Waals surface area contributed by atoms with Crippen molar-refractivity contribution >= 4 is 29.4 Å². The number of para-hydroxylation sites is 1. The molecule has 9 nitrogen and oxygen atoms in total. The Balaban J connectivity index is 1.61. The van der Waals surface area contributed by atoms with Gasteiger partial charge in [-0.2, -0.15) is 0 Å². The molecule has 1 heterocycles. The highest BCUT2D eigenvalue weighted by atomic mass is 16.5. The van der Waals surface area contributed by atoms with Crippen LogP contribution in [0.15, 0.2) is 77.4 Å². The van der Waals surface area contributed by atoms with Crippen LogP contribution in [0.5, 0.6) is 0 Å². The number of furan rings is 1. The Kier molecular flexibility index (Phi) is 8.99. The molecular weight excluding hydrogens is 462 g/mol. The molecule has 9 heteroatoms. The Morgan fingerprint density at radius 2 is 1.61 bits per heavy atom. The second-order valence-corrected chi connectivity index (χ2v) is 8.40. The fraction of sp³-hybridized carbons (Fsp3) is 0.259. The minimum absolute atomic E-state index is 0.195. The highest BCUT2D eigenvalue weighted by molar-refractivity contribution is 6.05. The van der Waals surface area contributed by atoms with Crippen LogP contribution in [0.3, 0.4) is 0 Å². The van der Waals surface area contributed by atoms with Gasteiger partial charge in [-0.15, -0.1) is 0 Å². The van der Waals surface area contributed by atoms with Crippen molar-refractivity contribution in [3.63, 3.8) is 0 Å². The van der Waals surface area contributed by atoms with Gasteiger partial charge in [0.2, 0.25) is 0 Å². The van der Waals surface area contributed by atoms with Crippen LogP contribution >= 0.6 is 0 Å². The van der Waals surface area contributed by atoms with E-state index in [0.29, 0.717) is 17.0 Å². The first-order valence-electron chi connectivity index (χ1n) is 11.5. The number of rotatable bonds is 10. The van der Waals surface area contributed by atoms with Gasteiger partial charge in [-0.05, 0) is 42.3 Å². The van der Waals surface area contributed by atoms with Crippen LogP contribution in [0.1, 0.15) is 40.3 Å². The van der Waals surface area contributed by atoms with E-state index in [9.17, 15) is 19.2 Å². The first-order valence-corrected chi connectivity index (χ1v) is 11.5. The number of ether oxygens (including phenoxy) is 1. The first kappa shape index (κ1) is 26.2. The van der Waals surface area contributed by atoms with E-state index in [2.05, 4.69) is 10.6 Å². The van der Waals surface area contributed by atoms with E-state index in [1.165, 1.54) is 18.2 Å². The molecule has 0 spiro atoms. The van der Waals surface area contributed by atoms with Gasteiger partial charge in [0.1, 0.15) is 11.8 Å². The monoisotopic (exact) mass is 491 g/mol. The molecule has 1 unspecified atom stereocenters. The van der Waals surface area contributed by atoms with Gasteiger partial charge in [0, 0.05) is 12.6 Å². The topological polar surface area (TPSA) is 118 Å². The maximum Gasteiger partial charge on any atom is 0.329 e. The van der Waals surface area contributed by atoms with Gasteiger partial charge in [0.15, 0.2) is 6.61 Å². The van der Waals surface area contributed by atoms with Crippen LogP contribution in [0, 0.1) is 5.92 Å². The van der Waals surface area contributed by atoms with Gasteiger partial charge in [-0.1, -0.05) is 44.2 Å². The summed E-state index contributed by atoms with van der Waals surface area (Å²) in [5.74, 6) is -1.73. The Morgan fingerprint density at radius 1 is 0.917 bits per heavy atom. The van der Waals surface area contributed by atoms with E-state index in [0.717, 1.165) is 0 Å². The van der Waals surface area contributed by atoms with E-state index in [-0.39, 0.29) is 23.9 Å². The molecule has 0 radical (unpaired) electrons. The molecule has 36 heavy (non-hydrogen) atoms. The van der Waals surface area contributed by atoms with Gasteiger partial charge in [-0.25, -0.2) is 4.79 Å². The first-order chi connectivity index (χ1) is 17.3. The standard InChI is InChI=1S/C27H29N3O6/c1-18(2)24(29-25(32)19-10-5-4-6-11-19)27(34)36-17-23(31)30(3)22-14-8-7-13-21(22)26(33)28-16-20-12-9-15-35-20/h4-15,18,24H,16-17H2,1-3H3,(H,28,33)(H,29,32). The lowest BCUT2D eigenvalue weighted by atomic mass is 10.0. The fourth-order valence-corrected chi connectivity index (χ4v) is 3.40. The van der Waals surface area contributed by atoms with E-state index < -0.39 is 30.4 Å². The largest absolute Gasteiger partial charge is 0.467 e. The molecule has 2 aromatic carbocycles. The molecule has 0 fully saturated rings. The maximum atomic E-state index is 12.8. The molecule has 0 aliphatic carbocycles. The number of amides is 3. The zero-order valence-electron chi connectivity index (χ0n) is 20.4. The second kappa shape index (κ2) is 12.3. The van der Waals surface area contributed by atoms with Crippen LogP contribution < -0.4 is 15.5 Å². The zero-order valence-corrected chi connectivity index (χ0v) is 20.4. The second-order valence-electron chi connectivity index (χ2n) is 8.40. The van der Waals surface area contributed by atoms with Crippen molar-refractivity contribution in [2.75, 3.05) is 18.6 Å². The van der Waals surface area contributed by atoms with E-state index in [4.69, 9.17) is 9.15 Å². The summed E-state index contributed by atoms with van der Waals surface area (Å²) in [4.78, 5) is 52.0. The van der Waals surface area contributed by atoms with E-state index >= 15 is 0 Å². The van der Waals surface area contributed by atoms with Crippen molar-refractivity contribution in [3.8, 4) is 0 Å². The highest BCUT2D eigenvalue weighted by Crippen LogP contribution is 2.20. The van der Waals surface area contributed by atoms with Crippen molar-refractivity contribution in [2.45, 2.75) is 26.4 Å². The molecular formula is C27H29N3O6. The normalized spacial score (nSPS) is 11.4. The average Bonchev–Trinajstić information content (AvgIpc) is 3.42. The third kappa shape index (κ3) is 6.82. The van der Waals surface area contributed by atoms with Crippen molar-refractivity contribution < 1.29 is 28.3 Å². The number of hydrogen-bond acceptors (Lipinski definition) is 6. The lowest BCUT2D eigenvalue weighted by Crippen LogP contribution is -2.46. The Bertz CT molecular complexity index is 1190. The molecule has 0 aliphatic rings. The quantitative estimate of drug-likeness (QED) is 0.421. The van der Waals surface area contributed by atoms with Crippen LogP contribution in [-0.2, 0) is 20.9 Å². The molecule has 0 saturated heterocycles. The molecule has 0 bridgehead atoms. The van der Waals surface area contributed by atoms with Gasteiger partial charge in [-0.3, -0.25) is 14.4 Å². The van der Waals surface area contributed by atoms with Crippen molar-refractivity contribution in [1.82, 2.24) is 10.6 Å². The summed E-state index contributed by atoms with van der Waals surface area (Å²) in [6.45, 7) is 3.17. The van der Waals surface area contributed by atoms with Gasteiger partial charge in [0.05, 0.1) is 24.1 Å².